The van der Waals surface area contributed by atoms with Gasteiger partial charge in [0.15, 0.2) is 0 Å². The van der Waals surface area contributed by atoms with E-state index in [1.807, 2.05) is 12.1 Å². The summed E-state index contributed by atoms with van der Waals surface area (Å²) >= 11 is 0. The second kappa shape index (κ2) is 7.25. The van der Waals surface area contributed by atoms with Crippen molar-refractivity contribution in [2.45, 2.75) is 0 Å². The van der Waals surface area contributed by atoms with E-state index in [1.165, 1.54) is 60.9 Å². The lowest BCUT2D eigenvalue weighted by molar-refractivity contribution is 0.669. The van der Waals surface area contributed by atoms with Gasteiger partial charge in [-0.05, 0) is 64.6 Å². The first-order valence-corrected chi connectivity index (χ1v) is 13.8. The number of aromatic nitrogens is 1. The Morgan fingerprint density at radius 1 is 0.500 bits per heavy atom. The zero-order valence-electron chi connectivity index (χ0n) is 21.5. The lowest BCUT2D eigenvalue weighted by atomic mass is 9.60. The Kier molecular flexibility index (Phi) is 3.75. The molecule has 0 N–H and O–H groups in total. The van der Waals surface area contributed by atoms with Crippen LogP contribution in [0.15, 0.2) is 132 Å². The van der Waals surface area contributed by atoms with E-state index in [2.05, 4.69) is 125 Å². The summed E-state index contributed by atoms with van der Waals surface area (Å²) in [7, 11) is 0. The Bertz CT molecular complexity index is 2360. The van der Waals surface area contributed by atoms with Gasteiger partial charge in [-0.15, -0.1) is 0 Å². The van der Waals surface area contributed by atoms with Crippen molar-refractivity contribution in [2.24, 2.45) is 0 Å². The van der Waals surface area contributed by atoms with Crippen LogP contribution in [0.4, 0.5) is 11.4 Å². The van der Waals surface area contributed by atoms with Crippen molar-refractivity contribution >= 4 is 67.6 Å². The van der Waals surface area contributed by atoms with Gasteiger partial charge in [-0.25, -0.2) is 0 Å². The van der Waals surface area contributed by atoms with E-state index in [0.29, 0.717) is 0 Å². The summed E-state index contributed by atoms with van der Waals surface area (Å²) in [4.78, 5) is 2.56. The normalized spacial score (nSPS) is 13.4. The molecule has 0 radical (unpaired) electrons. The number of fused-ring (bicyclic) bond motifs is 14. The summed E-state index contributed by atoms with van der Waals surface area (Å²) in [6.07, 6.45) is 0. The number of rotatable bonds is 1. The molecule has 2 aromatic heterocycles. The minimum atomic E-state index is 0.0686. The molecule has 0 bridgehead atoms. The van der Waals surface area contributed by atoms with Gasteiger partial charge in [-0.2, -0.15) is 0 Å². The highest BCUT2D eigenvalue weighted by molar-refractivity contribution is 6.82. The van der Waals surface area contributed by atoms with Gasteiger partial charge >= 0.3 is 6.98 Å². The van der Waals surface area contributed by atoms with Crippen LogP contribution in [-0.4, -0.2) is 11.5 Å². The lowest BCUT2D eigenvalue weighted by Crippen LogP contribution is -2.51. The second-order valence-corrected chi connectivity index (χ2v) is 10.9. The molecule has 0 spiro atoms. The van der Waals surface area contributed by atoms with Crippen molar-refractivity contribution in [1.29, 1.82) is 0 Å². The standard InChI is InChI=1S/C36H21BN2O/c1-5-13-30-24(9-1)25-10-2-6-14-31(25)38-33-21-23(20-29-26-11-3-7-15-32(26)39(36(29)33)37(30)38)22-17-18-35-28(19-22)27-12-4-8-16-34(27)40-35/h1-21H. The van der Waals surface area contributed by atoms with Gasteiger partial charge in [-0.1, -0.05) is 84.9 Å². The van der Waals surface area contributed by atoms with Crippen molar-refractivity contribution < 1.29 is 4.42 Å². The SMILES string of the molecule is c1ccc2c(c1)B1N(c3ccccc3-2)c2cc(-c3ccc4oc5ccccc5c4c3)cc3c4ccccc4n1c23. The van der Waals surface area contributed by atoms with Crippen LogP contribution in [-0.2, 0) is 0 Å². The number of nitrogens with zero attached hydrogens (tertiary/aromatic N) is 2. The molecule has 0 amide bonds. The molecule has 40 heavy (non-hydrogen) atoms. The van der Waals surface area contributed by atoms with Crippen LogP contribution in [0.1, 0.15) is 0 Å². The van der Waals surface area contributed by atoms with Crippen molar-refractivity contribution in [3.63, 3.8) is 0 Å². The van der Waals surface area contributed by atoms with E-state index < -0.39 is 0 Å². The molecule has 0 unspecified atom stereocenters. The van der Waals surface area contributed by atoms with Crippen LogP contribution in [0.2, 0.25) is 0 Å². The van der Waals surface area contributed by atoms with E-state index >= 15 is 0 Å². The number of hydrogen-bond donors (Lipinski definition) is 0. The van der Waals surface area contributed by atoms with Crippen molar-refractivity contribution in [2.75, 3.05) is 4.81 Å². The lowest BCUT2D eigenvalue weighted by Gasteiger charge is -2.34. The summed E-state index contributed by atoms with van der Waals surface area (Å²) in [5, 5.41) is 4.90. The molecule has 0 atom stereocenters. The minimum absolute atomic E-state index is 0.0686. The molecular formula is C36H21BN2O. The fourth-order valence-corrected chi connectivity index (χ4v) is 7.29. The van der Waals surface area contributed by atoms with E-state index in [1.54, 1.807) is 0 Å². The van der Waals surface area contributed by atoms with Gasteiger partial charge in [0.1, 0.15) is 11.2 Å². The molecule has 2 aliphatic rings. The average Bonchev–Trinajstić information content (AvgIpc) is 3.67. The predicted molar refractivity (Wildman–Crippen MR) is 167 cm³/mol. The molecule has 0 saturated carbocycles. The smallest absolute Gasteiger partial charge is 0.421 e. The molecule has 0 fully saturated rings. The van der Waals surface area contributed by atoms with Gasteiger partial charge in [0.2, 0.25) is 0 Å². The maximum Gasteiger partial charge on any atom is 0.421 e. The zero-order valence-corrected chi connectivity index (χ0v) is 21.5. The van der Waals surface area contributed by atoms with Crippen LogP contribution in [0, 0.1) is 0 Å². The van der Waals surface area contributed by atoms with Crippen molar-refractivity contribution in [3.05, 3.63) is 127 Å². The molecule has 8 aromatic rings. The molecule has 0 aliphatic carbocycles. The second-order valence-electron chi connectivity index (χ2n) is 10.9. The third-order valence-electron chi connectivity index (χ3n) is 8.94. The highest BCUT2D eigenvalue weighted by Crippen LogP contribution is 2.50. The van der Waals surface area contributed by atoms with Gasteiger partial charge < -0.3 is 13.7 Å². The Labute approximate surface area is 230 Å². The number of para-hydroxylation sites is 3. The van der Waals surface area contributed by atoms with Crippen molar-refractivity contribution in [3.8, 4) is 22.3 Å². The molecule has 0 saturated heterocycles. The van der Waals surface area contributed by atoms with E-state index in [-0.39, 0.29) is 6.98 Å². The highest BCUT2D eigenvalue weighted by atomic mass is 16.3. The molecular weight excluding hydrogens is 487 g/mol. The Morgan fingerprint density at radius 2 is 1.23 bits per heavy atom. The highest BCUT2D eigenvalue weighted by Gasteiger charge is 2.44. The zero-order chi connectivity index (χ0) is 25.9. The summed E-state index contributed by atoms with van der Waals surface area (Å²) in [5.41, 5.74) is 13.3. The molecule has 2 aliphatic heterocycles. The number of hydrogen-bond acceptors (Lipinski definition) is 2. The van der Waals surface area contributed by atoms with Gasteiger partial charge in [0, 0.05) is 38.3 Å². The van der Waals surface area contributed by atoms with Crippen molar-refractivity contribution in [1.82, 2.24) is 4.48 Å². The van der Waals surface area contributed by atoms with Crippen LogP contribution >= 0.6 is 0 Å². The third-order valence-corrected chi connectivity index (χ3v) is 8.94. The maximum absolute atomic E-state index is 6.14. The molecule has 10 rings (SSSR count). The first kappa shape index (κ1) is 20.7. The summed E-state index contributed by atoms with van der Waals surface area (Å²) < 4.78 is 8.70. The summed E-state index contributed by atoms with van der Waals surface area (Å²) in [6.45, 7) is 0.0686. The fourth-order valence-electron chi connectivity index (χ4n) is 7.29. The molecule has 184 valence electrons. The fraction of sp³-hybridized carbons (Fsp3) is 0. The monoisotopic (exact) mass is 508 g/mol. The Hall–Kier alpha value is -5.22. The van der Waals surface area contributed by atoms with Crippen LogP contribution < -0.4 is 10.3 Å². The molecule has 6 aromatic carbocycles. The van der Waals surface area contributed by atoms with Crippen LogP contribution in [0.25, 0.3) is 66.0 Å². The van der Waals surface area contributed by atoms with Gasteiger partial charge in [0.25, 0.3) is 0 Å². The molecule has 3 nitrogen and oxygen atoms in total. The van der Waals surface area contributed by atoms with E-state index in [4.69, 9.17) is 4.42 Å². The maximum atomic E-state index is 6.14. The third kappa shape index (κ3) is 2.47. The topological polar surface area (TPSA) is 21.3 Å². The summed E-state index contributed by atoms with van der Waals surface area (Å²) in [6, 6.07) is 46.3. The van der Waals surface area contributed by atoms with Crippen LogP contribution in [0.3, 0.4) is 0 Å². The quantitative estimate of drug-likeness (QED) is 0.207. The van der Waals surface area contributed by atoms with E-state index in [0.717, 1.165) is 21.9 Å². The van der Waals surface area contributed by atoms with E-state index in [9.17, 15) is 0 Å². The predicted octanol–water partition coefficient (Wildman–Crippen LogP) is 8.74. The Balaban J connectivity index is 1.31. The first-order chi connectivity index (χ1) is 19.8. The number of anilines is 2. The van der Waals surface area contributed by atoms with Gasteiger partial charge in [0.05, 0.1) is 11.2 Å². The molecule has 4 heteroatoms. The average molecular weight is 508 g/mol. The first-order valence-electron chi connectivity index (χ1n) is 13.8. The minimum Gasteiger partial charge on any atom is -0.456 e. The number of benzene rings is 6. The molecule has 4 heterocycles. The Morgan fingerprint density at radius 3 is 2.17 bits per heavy atom. The number of furan rings is 1. The largest absolute Gasteiger partial charge is 0.456 e. The van der Waals surface area contributed by atoms with Crippen LogP contribution in [0.5, 0.6) is 0 Å². The summed E-state index contributed by atoms with van der Waals surface area (Å²) in [5.74, 6) is 0. The van der Waals surface area contributed by atoms with Gasteiger partial charge in [-0.3, -0.25) is 0 Å².